The van der Waals surface area contributed by atoms with Crippen LogP contribution in [-0.4, -0.2) is 137 Å². The molecule has 3 unspecified atom stereocenters. The van der Waals surface area contributed by atoms with E-state index in [1.54, 1.807) is 39.5 Å². The van der Waals surface area contributed by atoms with Crippen molar-refractivity contribution in [2.75, 3.05) is 40.7 Å². The second-order valence-corrected chi connectivity index (χ2v) is 19.8. The summed E-state index contributed by atoms with van der Waals surface area (Å²) >= 11 is 13.0. The third-order valence-electron chi connectivity index (χ3n) is 15.1. The second kappa shape index (κ2) is 20.7. The molecule has 3 aliphatic carbocycles. The molecule has 0 aromatic heterocycles. The fraction of sp³-hybridized carbons (Fsp3) is 0.787. The summed E-state index contributed by atoms with van der Waals surface area (Å²) in [4.78, 5) is 31.2. The summed E-state index contributed by atoms with van der Waals surface area (Å²) in [5.41, 5.74) is 1.24. The zero-order valence-electron chi connectivity index (χ0n) is 37.9. The van der Waals surface area contributed by atoms with Crippen molar-refractivity contribution in [2.45, 2.75) is 165 Å². The number of methoxy groups -OCH3 is 3. The number of ether oxygens (including phenoxy) is 8. The Kier molecular flexibility index (Phi) is 16.1. The van der Waals surface area contributed by atoms with Crippen molar-refractivity contribution in [2.24, 2.45) is 35.5 Å². The summed E-state index contributed by atoms with van der Waals surface area (Å²) < 4.78 is 50.2. The maximum atomic E-state index is 15.1. The van der Waals surface area contributed by atoms with Gasteiger partial charge < -0.3 is 53.2 Å². The fourth-order valence-corrected chi connectivity index (χ4v) is 12.6. The molecule has 1 aromatic carbocycles. The number of fused-ring (bicyclic) bond motifs is 5. The van der Waals surface area contributed by atoms with Crippen LogP contribution in [-0.2, 0) is 47.5 Å². The summed E-state index contributed by atoms with van der Waals surface area (Å²) in [6, 6.07) is 5.05. The average molecular weight is 910 g/mol. The minimum Gasteiger partial charge on any atom is -0.462 e. The number of hydrogen-bond acceptors (Lipinski definition) is 13. The molecular formula is C47H70Cl2N2O11. The van der Waals surface area contributed by atoms with E-state index in [4.69, 9.17) is 61.1 Å². The van der Waals surface area contributed by atoms with E-state index >= 15 is 4.79 Å². The maximum absolute atomic E-state index is 15.1. The van der Waals surface area contributed by atoms with Crippen LogP contribution in [0.5, 0.6) is 0 Å². The summed E-state index contributed by atoms with van der Waals surface area (Å²) in [7, 11) is 9.01. The van der Waals surface area contributed by atoms with Gasteiger partial charge in [-0.3, -0.25) is 9.59 Å². The Labute approximate surface area is 378 Å². The molecule has 0 amide bonds. The number of anilines is 1. The summed E-state index contributed by atoms with van der Waals surface area (Å²) in [6.45, 7) is 8.00. The first kappa shape index (κ1) is 48.1. The van der Waals surface area contributed by atoms with Crippen molar-refractivity contribution in [1.82, 2.24) is 4.90 Å². The number of rotatable bonds is 11. The number of Topliss-reactive ketones (excluding diaryl/α,β-unsaturated/α-hetero) is 1. The minimum absolute atomic E-state index is 0.0187. The van der Waals surface area contributed by atoms with E-state index < -0.39 is 60.8 Å². The Hall–Kier alpha value is -1.88. The monoisotopic (exact) mass is 908 g/mol. The first-order valence-electron chi connectivity index (χ1n) is 22.9. The molecule has 0 spiro atoms. The molecule has 3 aliphatic heterocycles. The Morgan fingerprint density at radius 3 is 2.19 bits per heavy atom. The predicted octanol–water partition coefficient (Wildman–Crippen LogP) is 7.08. The van der Waals surface area contributed by atoms with Crippen LogP contribution in [0.1, 0.15) is 85.5 Å². The van der Waals surface area contributed by atoms with E-state index in [0.717, 1.165) is 19.3 Å². The van der Waals surface area contributed by atoms with Gasteiger partial charge in [0, 0.05) is 60.9 Å². The Morgan fingerprint density at radius 1 is 0.855 bits per heavy atom. The predicted molar refractivity (Wildman–Crippen MR) is 235 cm³/mol. The van der Waals surface area contributed by atoms with E-state index in [2.05, 4.69) is 37.3 Å². The molecule has 5 fully saturated rings. The van der Waals surface area contributed by atoms with E-state index in [-0.39, 0.29) is 72.5 Å². The highest BCUT2D eigenvalue weighted by Crippen LogP contribution is 2.57. The zero-order valence-corrected chi connectivity index (χ0v) is 39.4. The van der Waals surface area contributed by atoms with Crippen LogP contribution in [0.2, 0.25) is 10.0 Å². The van der Waals surface area contributed by atoms with Crippen molar-refractivity contribution in [3.63, 3.8) is 0 Å². The average Bonchev–Trinajstić information content (AvgIpc) is 3.81. The minimum atomic E-state index is -0.964. The standard InChI is InChI=1S/C47H70Cl2N2O11/c1-10-29-12-11-13-37(62-39-15-14-36(51(5)6)24(3)58-39)23(2)42(53)35-21-32-31-19-30(61-47-46(57-9)45(56-8)44(55-7)25(4)59-47)20-34(31)41(50-28-17-26(48)16-27(49)18-28)43(54)40(32)33(35)22-38(52)60-29/h16-18,21,23-25,29-34,36-37,39-41,43-47,50,54H,10-15,19-20,22H2,1-9H3/t23-,24?,25?,29+,30+,31+,32+,33-,34-,36+,37+,39+,40-,41+,43+,44+,45?,46+,47+/m1/s1. The Bertz CT molecular complexity index is 1720. The highest BCUT2D eigenvalue weighted by atomic mass is 35.5. The van der Waals surface area contributed by atoms with Crippen LogP contribution in [0, 0.1) is 35.5 Å². The molecule has 2 saturated carbocycles. The lowest BCUT2D eigenvalue weighted by atomic mass is 9.62. The lowest BCUT2D eigenvalue weighted by Crippen LogP contribution is -2.59. The van der Waals surface area contributed by atoms with Crippen LogP contribution in [0.4, 0.5) is 5.69 Å². The zero-order chi connectivity index (χ0) is 44.6. The van der Waals surface area contributed by atoms with E-state index in [1.807, 2.05) is 20.8 Å². The largest absolute Gasteiger partial charge is 0.462 e. The molecule has 62 heavy (non-hydrogen) atoms. The van der Waals surface area contributed by atoms with Crippen LogP contribution in [0.15, 0.2) is 29.8 Å². The van der Waals surface area contributed by atoms with Gasteiger partial charge in [0.1, 0.15) is 24.4 Å². The molecule has 7 rings (SSSR count). The quantitative estimate of drug-likeness (QED) is 0.219. The molecule has 13 nitrogen and oxygen atoms in total. The normalized spacial score (nSPS) is 42.9. The molecule has 1 aromatic rings. The van der Waals surface area contributed by atoms with Crippen LogP contribution < -0.4 is 5.32 Å². The summed E-state index contributed by atoms with van der Waals surface area (Å²) in [6.07, 6.45) is 2.87. The molecule has 15 heteroatoms. The van der Waals surface area contributed by atoms with Crippen LogP contribution >= 0.6 is 23.2 Å². The Balaban J connectivity index is 1.21. The Morgan fingerprint density at radius 2 is 1.55 bits per heavy atom. The van der Waals surface area contributed by atoms with Gasteiger partial charge in [-0.1, -0.05) is 43.1 Å². The van der Waals surface area contributed by atoms with Crippen molar-refractivity contribution >= 4 is 40.6 Å². The topological polar surface area (TPSA) is 143 Å². The number of hydrogen-bond donors (Lipinski definition) is 2. The number of nitrogens with one attached hydrogen (secondary N) is 1. The van der Waals surface area contributed by atoms with Gasteiger partial charge in [0.15, 0.2) is 18.4 Å². The third kappa shape index (κ3) is 10.1. The SMILES string of the molecule is CC[C@H]1CCC[C@H](O[C@H]2CC[C@H](N(C)C)C(C)O2)[C@@H](C)C(=O)C2=C[C@H]3[C@@H]4C[C@H](O[C@@H]5OC(C)[C@H](OC)C(OC)[C@@H]5OC)C[C@H]4[C@H](Nc4cc(Cl)cc(Cl)c4)[C@@H](O)[C@H]3[C@@H]2CC(=O)O1. The number of halogens is 2. The van der Waals surface area contributed by atoms with Gasteiger partial charge in [-0.05, 0) is 121 Å². The van der Waals surface area contributed by atoms with Gasteiger partial charge in [-0.2, -0.15) is 0 Å². The highest BCUT2D eigenvalue weighted by Gasteiger charge is 2.60. The summed E-state index contributed by atoms with van der Waals surface area (Å²) in [5, 5.41) is 17.3. The van der Waals surface area contributed by atoms with Gasteiger partial charge in [-0.15, -0.1) is 0 Å². The number of aliphatic hydroxyl groups excluding tert-OH is 1. The van der Waals surface area contributed by atoms with Crippen molar-refractivity contribution in [3.05, 3.63) is 39.9 Å². The van der Waals surface area contributed by atoms with Gasteiger partial charge in [0.2, 0.25) is 0 Å². The number of aliphatic hydroxyl groups is 1. The van der Waals surface area contributed by atoms with Gasteiger partial charge in [0.05, 0.1) is 43.0 Å². The number of benzene rings is 1. The lowest BCUT2D eigenvalue weighted by Gasteiger charge is -2.47. The molecule has 6 aliphatic rings. The van der Waals surface area contributed by atoms with E-state index in [1.165, 1.54) is 0 Å². The van der Waals surface area contributed by atoms with Crippen LogP contribution in [0.25, 0.3) is 0 Å². The molecule has 3 heterocycles. The molecule has 0 radical (unpaired) electrons. The molecule has 348 valence electrons. The maximum Gasteiger partial charge on any atom is 0.306 e. The van der Waals surface area contributed by atoms with Crippen molar-refractivity contribution < 1.29 is 52.6 Å². The number of nitrogens with zero attached hydrogens (tertiary/aromatic N) is 1. The number of likely N-dealkylation sites (N-methyl/N-ethyl adjacent to an activating group) is 1. The summed E-state index contributed by atoms with van der Waals surface area (Å²) in [5.74, 6) is -2.32. The number of cyclic esters (lactones) is 1. The second-order valence-electron chi connectivity index (χ2n) is 18.9. The smallest absolute Gasteiger partial charge is 0.306 e. The van der Waals surface area contributed by atoms with Gasteiger partial charge in [-0.25, -0.2) is 0 Å². The molecule has 3 saturated heterocycles. The highest BCUT2D eigenvalue weighted by molar-refractivity contribution is 6.35. The lowest BCUT2D eigenvalue weighted by molar-refractivity contribution is -0.314. The van der Waals surface area contributed by atoms with Crippen molar-refractivity contribution in [1.29, 1.82) is 0 Å². The number of carbonyl (C=O) groups is 2. The number of ketones is 1. The number of allylic oxidation sites excluding steroid dienone is 2. The molecular weight excluding hydrogens is 839 g/mol. The third-order valence-corrected chi connectivity index (χ3v) is 15.5. The van der Waals surface area contributed by atoms with Crippen LogP contribution in [0.3, 0.4) is 0 Å². The number of esters is 1. The first-order valence-corrected chi connectivity index (χ1v) is 23.6. The van der Waals surface area contributed by atoms with Gasteiger partial charge in [0.25, 0.3) is 0 Å². The van der Waals surface area contributed by atoms with E-state index in [0.29, 0.717) is 53.4 Å². The van der Waals surface area contributed by atoms with Crippen molar-refractivity contribution in [3.8, 4) is 0 Å². The molecule has 19 atom stereocenters. The van der Waals surface area contributed by atoms with Gasteiger partial charge >= 0.3 is 5.97 Å². The first-order chi connectivity index (χ1) is 29.6. The molecule has 0 bridgehead atoms. The number of carbonyl (C=O) groups excluding carboxylic acids is 2. The fourth-order valence-electron chi connectivity index (χ4n) is 12.0. The van der Waals surface area contributed by atoms with E-state index in [9.17, 15) is 9.90 Å². The molecule has 2 N–H and O–H groups in total.